The van der Waals surface area contributed by atoms with Crippen LogP contribution >= 0.6 is 0 Å². The summed E-state index contributed by atoms with van der Waals surface area (Å²) in [5.41, 5.74) is 0.532. The van der Waals surface area contributed by atoms with Crippen LogP contribution in [0.5, 0.6) is 0 Å². The Morgan fingerprint density at radius 1 is 1.00 bits per heavy atom. The molecule has 3 rings (SSSR count). The fourth-order valence-electron chi connectivity index (χ4n) is 5.03. The van der Waals surface area contributed by atoms with Gasteiger partial charge in [-0.25, -0.2) is 9.69 Å². The van der Waals surface area contributed by atoms with E-state index in [-0.39, 0.29) is 41.5 Å². The summed E-state index contributed by atoms with van der Waals surface area (Å²) in [5.74, 6) is -0.213. The SMILES string of the molecule is C/C(=C\[C@H](C)[C@@H](C)O[Si](c1ccccc1)(c1ccccc1)C(C)(C)C)C(=O)N1C(=O)OC[C@@H]1C(C)C. The predicted octanol–water partition coefficient (Wildman–Crippen LogP) is 5.54. The third-order valence-electron chi connectivity index (χ3n) is 7.26. The molecule has 1 aliphatic rings. The Hall–Kier alpha value is -2.70. The molecule has 1 saturated heterocycles. The van der Waals surface area contributed by atoms with Crippen molar-refractivity contribution in [2.45, 2.75) is 72.6 Å². The van der Waals surface area contributed by atoms with E-state index in [0.29, 0.717) is 5.57 Å². The lowest BCUT2D eigenvalue weighted by atomic mass is 10.0. The molecule has 2 aromatic carbocycles. The molecule has 0 bridgehead atoms. The first-order valence-electron chi connectivity index (χ1n) is 12.9. The molecule has 0 saturated carbocycles. The number of cyclic esters (lactones) is 1. The second kappa shape index (κ2) is 11.1. The van der Waals surface area contributed by atoms with Crippen LogP contribution in [0.25, 0.3) is 0 Å². The lowest BCUT2D eigenvalue weighted by Crippen LogP contribution is -2.67. The molecule has 0 aliphatic carbocycles. The number of hydrogen-bond donors (Lipinski definition) is 0. The van der Waals surface area contributed by atoms with Crippen molar-refractivity contribution in [2.75, 3.05) is 6.61 Å². The standard InChI is InChI=1S/C30H41NO4Si/c1-21(2)27-20-34-29(33)31(27)28(32)23(4)19-22(3)24(5)35-36(30(6,7)8,25-15-11-9-12-16-25)26-17-13-10-14-18-26/h9-19,21-22,24,27H,20H2,1-8H3/b23-19+/t22-,24+,27+/m0/s1. The number of rotatable bonds is 8. The maximum absolute atomic E-state index is 13.2. The van der Waals surface area contributed by atoms with Gasteiger partial charge in [-0.15, -0.1) is 0 Å². The van der Waals surface area contributed by atoms with Gasteiger partial charge in [0.2, 0.25) is 0 Å². The Morgan fingerprint density at radius 2 is 1.50 bits per heavy atom. The predicted molar refractivity (Wildman–Crippen MR) is 148 cm³/mol. The van der Waals surface area contributed by atoms with Gasteiger partial charge in [0, 0.05) is 11.7 Å². The molecule has 0 spiro atoms. The van der Waals surface area contributed by atoms with Crippen LogP contribution in [-0.2, 0) is 14.0 Å². The van der Waals surface area contributed by atoms with Crippen LogP contribution < -0.4 is 10.4 Å². The van der Waals surface area contributed by atoms with Crippen LogP contribution in [0.1, 0.15) is 55.4 Å². The molecule has 3 atom stereocenters. The summed E-state index contributed by atoms with van der Waals surface area (Å²) >= 11 is 0. The van der Waals surface area contributed by atoms with E-state index in [2.05, 4.69) is 83.1 Å². The fourth-order valence-corrected chi connectivity index (χ4v) is 9.82. The molecule has 1 fully saturated rings. The largest absolute Gasteiger partial charge is 0.447 e. The molecule has 5 nitrogen and oxygen atoms in total. The van der Waals surface area contributed by atoms with Gasteiger partial charge in [0.05, 0.1) is 6.04 Å². The first-order valence-corrected chi connectivity index (χ1v) is 14.8. The van der Waals surface area contributed by atoms with Crippen molar-refractivity contribution in [3.05, 3.63) is 72.3 Å². The number of ether oxygens (including phenoxy) is 1. The number of amides is 2. The Balaban J connectivity index is 1.95. The normalized spacial score (nSPS) is 18.8. The van der Waals surface area contributed by atoms with E-state index in [4.69, 9.17) is 9.16 Å². The zero-order valence-corrected chi connectivity index (χ0v) is 23.9. The van der Waals surface area contributed by atoms with Crippen molar-refractivity contribution in [1.29, 1.82) is 0 Å². The highest BCUT2D eigenvalue weighted by Crippen LogP contribution is 2.38. The highest BCUT2D eigenvalue weighted by atomic mass is 28.4. The quantitative estimate of drug-likeness (QED) is 0.348. The number of imide groups is 1. The van der Waals surface area contributed by atoms with Gasteiger partial charge in [-0.1, -0.05) is 108 Å². The molecule has 2 aromatic rings. The Labute approximate surface area is 217 Å². The summed E-state index contributed by atoms with van der Waals surface area (Å²) in [7, 11) is -2.71. The van der Waals surface area contributed by atoms with E-state index < -0.39 is 14.4 Å². The van der Waals surface area contributed by atoms with Gasteiger partial charge in [-0.2, -0.15) is 0 Å². The number of nitrogens with zero attached hydrogens (tertiary/aromatic N) is 1. The maximum Gasteiger partial charge on any atom is 0.417 e. The van der Waals surface area contributed by atoms with E-state index in [1.165, 1.54) is 15.3 Å². The van der Waals surface area contributed by atoms with E-state index >= 15 is 0 Å². The molecule has 6 heteroatoms. The summed E-state index contributed by atoms with van der Waals surface area (Å²) in [6, 6.07) is 20.8. The first kappa shape index (κ1) is 27.9. The maximum atomic E-state index is 13.2. The molecule has 0 N–H and O–H groups in total. The molecular weight excluding hydrogens is 466 g/mol. The summed E-state index contributed by atoms with van der Waals surface area (Å²) in [6.07, 6.45) is 1.22. The summed E-state index contributed by atoms with van der Waals surface area (Å²) in [6.45, 7) is 16.9. The molecule has 1 heterocycles. The van der Waals surface area contributed by atoms with Gasteiger partial charge in [-0.05, 0) is 41.1 Å². The Kier molecular flexibility index (Phi) is 8.62. The van der Waals surface area contributed by atoms with Crippen LogP contribution in [0.2, 0.25) is 5.04 Å². The fraction of sp³-hybridized carbons (Fsp3) is 0.467. The second-order valence-corrected chi connectivity index (χ2v) is 15.5. The van der Waals surface area contributed by atoms with Crippen LogP contribution in [-0.4, -0.2) is 44.0 Å². The zero-order chi connectivity index (χ0) is 26.7. The molecule has 2 amide bonds. The smallest absolute Gasteiger partial charge is 0.417 e. The van der Waals surface area contributed by atoms with Gasteiger partial charge in [0.15, 0.2) is 0 Å². The molecule has 0 radical (unpaired) electrons. The van der Waals surface area contributed by atoms with Crippen molar-refractivity contribution in [3.63, 3.8) is 0 Å². The van der Waals surface area contributed by atoms with Gasteiger partial charge in [-0.3, -0.25) is 4.79 Å². The lowest BCUT2D eigenvalue weighted by molar-refractivity contribution is -0.125. The minimum absolute atomic E-state index is 0.0493. The summed E-state index contributed by atoms with van der Waals surface area (Å²) in [4.78, 5) is 26.8. The second-order valence-electron chi connectivity index (χ2n) is 11.3. The van der Waals surface area contributed by atoms with Gasteiger partial charge >= 0.3 is 6.09 Å². The van der Waals surface area contributed by atoms with Crippen LogP contribution in [0.4, 0.5) is 4.79 Å². The highest BCUT2D eigenvalue weighted by molar-refractivity contribution is 6.99. The van der Waals surface area contributed by atoms with Crippen LogP contribution in [0, 0.1) is 11.8 Å². The van der Waals surface area contributed by atoms with E-state index in [0.717, 1.165) is 0 Å². The Bertz CT molecular complexity index is 1040. The minimum atomic E-state index is -2.71. The molecule has 1 aliphatic heterocycles. The molecule has 0 unspecified atom stereocenters. The third kappa shape index (κ3) is 5.50. The minimum Gasteiger partial charge on any atom is -0.447 e. The van der Waals surface area contributed by atoms with Gasteiger partial charge in [0.1, 0.15) is 6.61 Å². The van der Waals surface area contributed by atoms with Gasteiger partial charge in [0.25, 0.3) is 14.2 Å². The van der Waals surface area contributed by atoms with Crippen LogP contribution in [0.15, 0.2) is 72.3 Å². The average Bonchev–Trinajstić information content (AvgIpc) is 3.23. The van der Waals surface area contributed by atoms with Crippen molar-refractivity contribution in [1.82, 2.24) is 4.90 Å². The topological polar surface area (TPSA) is 55.8 Å². The number of carbonyl (C=O) groups excluding carboxylic acids is 2. The van der Waals surface area contributed by atoms with E-state index in [1.807, 2.05) is 32.1 Å². The molecule has 0 aromatic heterocycles. The van der Waals surface area contributed by atoms with Crippen molar-refractivity contribution >= 4 is 30.7 Å². The highest BCUT2D eigenvalue weighted by Gasteiger charge is 2.51. The zero-order valence-electron chi connectivity index (χ0n) is 22.9. The Morgan fingerprint density at radius 3 is 1.94 bits per heavy atom. The summed E-state index contributed by atoms with van der Waals surface area (Å²) < 4.78 is 12.4. The number of benzene rings is 2. The number of carbonyl (C=O) groups is 2. The van der Waals surface area contributed by atoms with Crippen molar-refractivity contribution < 1.29 is 18.8 Å². The van der Waals surface area contributed by atoms with Gasteiger partial charge < -0.3 is 9.16 Å². The summed E-state index contributed by atoms with van der Waals surface area (Å²) in [5, 5.41) is 2.31. The number of hydrogen-bond acceptors (Lipinski definition) is 4. The lowest BCUT2D eigenvalue weighted by Gasteiger charge is -2.45. The van der Waals surface area contributed by atoms with Crippen molar-refractivity contribution in [3.8, 4) is 0 Å². The van der Waals surface area contributed by atoms with E-state index in [1.54, 1.807) is 6.92 Å². The first-order chi connectivity index (χ1) is 16.9. The monoisotopic (exact) mass is 507 g/mol. The van der Waals surface area contributed by atoms with E-state index in [9.17, 15) is 9.59 Å². The molecular formula is C30H41NO4Si. The molecule has 194 valence electrons. The average molecular weight is 508 g/mol. The molecule has 36 heavy (non-hydrogen) atoms. The van der Waals surface area contributed by atoms with Crippen LogP contribution in [0.3, 0.4) is 0 Å². The third-order valence-corrected chi connectivity index (χ3v) is 12.4. The van der Waals surface area contributed by atoms with Crippen molar-refractivity contribution in [2.24, 2.45) is 11.8 Å².